The molecule has 1 amide bonds. The smallest absolute Gasteiger partial charge is 0.229 e. The summed E-state index contributed by atoms with van der Waals surface area (Å²) in [6.07, 6.45) is 1.93. The van der Waals surface area contributed by atoms with E-state index in [1.54, 1.807) is 0 Å². The van der Waals surface area contributed by atoms with Crippen LogP contribution >= 0.6 is 23.4 Å². The molecule has 1 aromatic rings. The van der Waals surface area contributed by atoms with E-state index in [1.807, 2.05) is 56.8 Å². The third-order valence-electron chi connectivity index (χ3n) is 6.25. The number of ketones is 1. The second kappa shape index (κ2) is 10.5. The molecular formula is C25H38ClNO2S. The molecule has 2 unspecified atom stereocenters. The maximum absolute atomic E-state index is 14.0. The Morgan fingerprint density at radius 1 is 1.17 bits per heavy atom. The zero-order chi connectivity index (χ0) is 22.6. The summed E-state index contributed by atoms with van der Waals surface area (Å²) in [6, 6.07) is 8.05. The molecular weight excluding hydrogens is 414 g/mol. The SMILES string of the molecule is CC(C)SCC(C(C)C)N1C(=O)[C@@](C)(CC(=O)C(C)C)CCC1c1ccc(Cl)cc1. The Bertz CT molecular complexity index is 731. The first kappa shape index (κ1) is 25.3. The Morgan fingerprint density at radius 3 is 2.27 bits per heavy atom. The number of Topliss-reactive ketones (excluding diaryl/α,β-unsaturated/α-hetero) is 1. The van der Waals surface area contributed by atoms with Crippen LogP contribution in [0.2, 0.25) is 5.02 Å². The van der Waals surface area contributed by atoms with Crippen molar-refractivity contribution in [2.24, 2.45) is 17.3 Å². The molecule has 30 heavy (non-hydrogen) atoms. The fourth-order valence-electron chi connectivity index (χ4n) is 4.19. The van der Waals surface area contributed by atoms with Crippen molar-refractivity contribution in [3.63, 3.8) is 0 Å². The lowest BCUT2D eigenvalue weighted by Crippen LogP contribution is -2.56. The van der Waals surface area contributed by atoms with E-state index in [1.165, 1.54) is 0 Å². The van der Waals surface area contributed by atoms with Crippen LogP contribution in [0, 0.1) is 17.3 Å². The first-order chi connectivity index (χ1) is 14.0. The van der Waals surface area contributed by atoms with E-state index in [9.17, 15) is 9.59 Å². The number of halogens is 1. The van der Waals surface area contributed by atoms with Gasteiger partial charge in [-0.05, 0) is 41.7 Å². The maximum Gasteiger partial charge on any atom is 0.229 e. The van der Waals surface area contributed by atoms with Crippen LogP contribution in [0.4, 0.5) is 0 Å². The van der Waals surface area contributed by atoms with Crippen molar-refractivity contribution in [3.8, 4) is 0 Å². The number of carbonyl (C=O) groups is 2. The van der Waals surface area contributed by atoms with Gasteiger partial charge in [-0.2, -0.15) is 11.8 Å². The monoisotopic (exact) mass is 451 g/mol. The van der Waals surface area contributed by atoms with Crippen LogP contribution in [-0.2, 0) is 9.59 Å². The molecule has 3 nitrogen and oxygen atoms in total. The normalized spacial score (nSPS) is 23.5. The summed E-state index contributed by atoms with van der Waals surface area (Å²) in [5.74, 6) is 1.49. The second-order valence-electron chi connectivity index (χ2n) is 9.87. The molecule has 0 aliphatic carbocycles. The molecule has 168 valence electrons. The van der Waals surface area contributed by atoms with Crippen LogP contribution in [0.5, 0.6) is 0 Å². The van der Waals surface area contributed by atoms with Gasteiger partial charge in [0.1, 0.15) is 5.78 Å². The molecule has 0 spiro atoms. The number of hydrogen-bond donors (Lipinski definition) is 0. The average Bonchev–Trinajstić information content (AvgIpc) is 2.65. The summed E-state index contributed by atoms with van der Waals surface area (Å²) in [6.45, 7) is 14.6. The summed E-state index contributed by atoms with van der Waals surface area (Å²) >= 11 is 8.02. The Labute approximate surface area is 192 Å². The third-order valence-corrected chi connectivity index (χ3v) is 7.70. The molecule has 1 fully saturated rings. The Hall–Kier alpha value is -1.00. The number of nitrogens with zero attached hydrogens (tertiary/aromatic N) is 1. The van der Waals surface area contributed by atoms with Gasteiger partial charge in [-0.25, -0.2) is 0 Å². The second-order valence-corrected chi connectivity index (χ2v) is 11.9. The standard InChI is InChI=1S/C25H38ClNO2S/c1-16(2)22(15-30-18(5)6)27-21(19-8-10-20(26)11-9-19)12-13-25(7,24(27)29)14-23(28)17(3)4/h8-11,16-18,21-22H,12-15H2,1-7H3/t21?,22?,25-/m1/s1. The first-order valence-corrected chi connectivity index (χ1v) is 12.6. The van der Waals surface area contributed by atoms with E-state index in [-0.39, 0.29) is 29.7 Å². The number of piperidine rings is 1. The van der Waals surface area contributed by atoms with Gasteiger partial charge in [0.2, 0.25) is 5.91 Å². The van der Waals surface area contributed by atoms with Gasteiger partial charge in [-0.3, -0.25) is 9.59 Å². The van der Waals surface area contributed by atoms with Crippen LogP contribution in [0.25, 0.3) is 0 Å². The number of hydrogen-bond acceptors (Lipinski definition) is 3. The molecule has 0 aromatic heterocycles. The van der Waals surface area contributed by atoms with E-state index in [2.05, 4.69) is 32.6 Å². The number of carbonyl (C=O) groups excluding carboxylic acids is 2. The topological polar surface area (TPSA) is 37.4 Å². The van der Waals surface area contributed by atoms with Crippen molar-refractivity contribution in [1.29, 1.82) is 0 Å². The van der Waals surface area contributed by atoms with Crippen LogP contribution < -0.4 is 0 Å². The largest absolute Gasteiger partial charge is 0.331 e. The predicted molar refractivity (Wildman–Crippen MR) is 129 cm³/mol. The first-order valence-electron chi connectivity index (χ1n) is 11.2. The highest BCUT2D eigenvalue weighted by Gasteiger charge is 2.48. The molecule has 1 aliphatic rings. The van der Waals surface area contributed by atoms with E-state index in [0.29, 0.717) is 22.6 Å². The predicted octanol–water partition coefficient (Wildman–Crippen LogP) is 6.79. The van der Waals surface area contributed by atoms with Gasteiger partial charge >= 0.3 is 0 Å². The molecule has 5 heteroatoms. The Morgan fingerprint density at radius 2 is 1.77 bits per heavy atom. The minimum absolute atomic E-state index is 0.0251. The van der Waals surface area contributed by atoms with Gasteiger partial charge in [0.25, 0.3) is 0 Å². The minimum atomic E-state index is -0.625. The van der Waals surface area contributed by atoms with Crippen LogP contribution in [0.3, 0.4) is 0 Å². The fraction of sp³-hybridized carbons (Fsp3) is 0.680. The average molecular weight is 452 g/mol. The van der Waals surface area contributed by atoms with E-state index in [0.717, 1.165) is 24.2 Å². The Balaban J connectivity index is 2.44. The van der Waals surface area contributed by atoms with Crippen LogP contribution in [-0.4, -0.2) is 33.6 Å². The number of benzene rings is 1. The lowest BCUT2D eigenvalue weighted by molar-refractivity contribution is -0.156. The molecule has 0 radical (unpaired) electrons. The lowest BCUT2D eigenvalue weighted by Gasteiger charge is -2.49. The van der Waals surface area contributed by atoms with Gasteiger partial charge in [-0.1, -0.05) is 72.2 Å². The fourth-order valence-corrected chi connectivity index (χ4v) is 5.44. The number of amides is 1. The molecule has 1 aromatic carbocycles. The molecule has 3 atom stereocenters. The number of rotatable bonds is 9. The van der Waals surface area contributed by atoms with Gasteiger partial charge < -0.3 is 4.90 Å². The Kier molecular flexibility index (Phi) is 8.88. The van der Waals surface area contributed by atoms with E-state index in [4.69, 9.17) is 11.6 Å². The quantitative estimate of drug-likeness (QED) is 0.414. The van der Waals surface area contributed by atoms with Crippen molar-refractivity contribution in [2.45, 2.75) is 85.1 Å². The zero-order valence-corrected chi connectivity index (χ0v) is 21.1. The summed E-state index contributed by atoms with van der Waals surface area (Å²) < 4.78 is 0. The highest BCUT2D eigenvalue weighted by Crippen LogP contribution is 2.45. The van der Waals surface area contributed by atoms with Crippen molar-refractivity contribution < 1.29 is 9.59 Å². The molecule has 1 heterocycles. The maximum atomic E-state index is 14.0. The van der Waals surface area contributed by atoms with Crippen molar-refractivity contribution in [2.75, 3.05) is 5.75 Å². The highest BCUT2D eigenvalue weighted by atomic mass is 35.5. The third kappa shape index (κ3) is 6.03. The molecule has 2 rings (SSSR count). The molecule has 1 saturated heterocycles. The van der Waals surface area contributed by atoms with Gasteiger partial charge in [0, 0.05) is 29.2 Å². The van der Waals surface area contributed by atoms with E-state index < -0.39 is 5.41 Å². The summed E-state index contributed by atoms with van der Waals surface area (Å²) in [5, 5.41) is 1.21. The van der Waals surface area contributed by atoms with Gasteiger partial charge in [0.05, 0.1) is 11.5 Å². The van der Waals surface area contributed by atoms with Crippen LogP contribution in [0.15, 0.2) is 24.3 Å². The van der Waals surface area contributed by atoms with Gasteiger partial charge in [-0.15, -0.1) is 0 Å². The van der Waals surface area contributed by atoms with Crippen molar-refractivity contribution >= 4 is 35.1 Å². The molecule has 0 N–H and O–H groups in total. The molecule has 0 saturated carbocycles. The van der Waals surface area contributed by atoms with Gasteiger partial charge in [0.15, 0.2) is 0 Å². The van der Waals surface area contributed by atoms with E-state index >= 15 is 0 Å². The van der Waals surface area contributed by atoms with Crippen molar-refractivity contribution in [3.05, 3.63) is 34.9 Å². The minimum Gasteiger partial charge on any atom is -0.331 e. The zero-order valence-electron chi connectivity index (χ0n) is 19.6. The highest BCUT2D eigenvalue weighted by molar-refractivity contribution is 7.99. The number of likely N-dealkylation sites (tertiary alicyclic amines) is 1. The van der Waals surface area contributed by atoms with Crippen LogP contribution in [0.1, 0.15) is 79.3 Å². The lowest BCUT2D eigenvalue weighted by atomic mass is 9.72. The summed E-state index contributed by atoms with van der Waals surface area (Å²) in [7, 11) is 0. The summed E-state index contributed by atoms with van der Waals surface area (Å²) in [5.41, 5.74) is 0.505. The molecule has 1 aliphatic heterocycles. The van der Waals surface area contributed by atoms with Crippen molar-refractivity contribution in [1.82, 2.24) is 4.90 Å². The summed E-state index contributed by atoms with van der Waals surface area (Å²) in [4.78, 5) is 28.7. The molecule has 0 bridgehead atoms. The number of thioether (sulfide) groups is 1.